The largest absolute Gasteiger partial charge is 0.396 e. The molecule has 0 aliphatic carbocycles. The molecule has 0 amide bonds. The molecule has 3 nitrogen and oxygen atoms in total. The van der Waals surface area contributed by atoms with Gasteiger partial charge in [0.15, 0.2) is 0 Å². The molecule has 0 unspecified atom stereocenters. The molecule has 0 rings (SSSR count). The number of hydrogen-bond acceptors (Lipinski definition) is 3. The first kappa shape index (κ1) is 11.9. The smallest absolute Gasteiger partial charge is 0.0613 e. The lowest BCUT2D eigenvalue weighted by molar-refractivity contribution is -0.0111. The number of aliphatic hydroxyl groups excluding tert-OH is 3. The summed E-state index contributed by atoms with van der Waals surface area (Å²) in [7, 11) is 0. The third-order valence-electron chi connectivity index (χ3n) is 2.25. The second-order valence-electron chi connectivity index (χ2n) is 3.67. The van der Waals surface area contributed by atoms with E-state index < -0.39 is 12.2 Å². The van der Waals surface area contributed by atoms with Crippen LogP contribution in [-0.2, 0) is 0 Å². The Balaban J connectivity index is 3.90. The van der Waals surface area contributed by atoms with Gasteiger partial charge < -0.3 is 15.3 Å². The summed E-state index contributed by atoms with van der Waals surface area (Å²) in [5.74, 6) is -0.0227. The van der Waals surface area contributed by atoms with E-state index in [-0.39, 0.29) is 18.4 Å². The lowest BCUT2D eigenvalue weighted by atomic mass is 9.89. The van der Waals surface area contributed by atoms with Crippen LogP contribution in [0.1, 0.15) is 27.2 Å². The van der Waals surface area contributed by atoms with Crippen molar-refractivity contribution < 1.29 is 15.3 Å². The Morgan fingerprint density at radius 2 is 1.58 bits per heavy atom. The molecule has 0 bridgehead atoms. The molecule has 0 aliphatic rings. The van der Waals surface area contributed by atoms with Crippen LogP contribution in [0.15, 0.2) is 0 Å². The van der Waals surface area contributed by atoms with Crippen molar-refractivity contribution >= 4 is 0 Å². The van der Waals surface area contributed by atoms with Crippen LogP contribution in [0.4, 0.5) is 0 Å². The highest BCUT2D eigenvalue weighted by molar-refractivity contribution is 4.74. The molecule has 3 atom stereocenters. The monoisotopic (exact) mass is 176 g/mol. The van der Waals surface area contributed by atoms with E-state index in [9.17, 15) is 10.2 Å². The first-order valence-electron chi connectivity index (χ1n) is 4.47. The third-order valence-corrected chi connectivity index (χ3v) is 2.25. The topological polar surface area (TPSA) is 60.7 Å². The van der Waals surface area contributed by atoms with Crippen LogP contribution in [0.5, 0.6) is 0 Å². The molecule has 0 radical (unpaired) electrons. The zero-order chi connectivity index (χ0) is 9.72. The summed E-state index contributed by atoms with van der Waals surface area (Å²) < 4.78 is 0. The molecule has 0 heterocycles. The van der Waals surface area contributed by atoms with Crippen molar-refractivity contribution in [2.24, 2.45) is 11.8 Å². The average Bonchev–Trinajstić information content (AvgIpc) is 2.02. The zero-order valence-corrected chi connectivity index (χ0v) is 8.07. The molecule has 0 aromatic rings. The predicted molar refractivity (Wildman–Crippen MR) is 47.7 cm³/mol. The lowest BCUT2D eigenvalue weighted by Gasteiger charge is -2.26. The van der Waals surface area contributed by atoms with E-state index in [1.54, 1.807) is 6.92 Å². The van der Waals surface area contributed by atoms with Gasteiger partial charge >= 0.3 is 0 Å². The van der Waals surface area contributed by atoms with Crippen molar-refractivity contribution in [1.82, 2.24) is 0 Å². The van der Waals surface area contributed by atoms with E-state index >= 15 is 0 Å². The fourth-order valence-electron chi connectivity index (χ4n) is 1.23. The summed E-state index contributed by atoms with van der Waals surface area (Å²) in [6.45, 7) is 5.58. The highest BCUT2D eigenvalue weighted by atomic mass is 16.3. The van der Waals surface area contributed by atoms with E-state index in [0.717, 1.165) is 0 Å². The molecular formula is C9H20O3. The highest BCUT2D eigenvalue weighted by Crippen LogP contribution is 2.17. The van der Waals surface area contributed by atoms with Gasteiger partial charge in [-0.2, -0.15) is 0 Å². The molecule has 0 saturated carbocycles. The average molecular weight is 176 g/mol. The molecule has 0 saturated heterocycles. The summed E-state index contributed by atoms with van der Waals surface area (Å²) in [5, 5.41) is 27.5. The second kappa shape index (κ2) is 5.51. The summed E-state index contributed by atoms with van der Waals surface area (Å²) in [6.07, 6.45) is -0.760. The van der Waals surface area contributed by atoms with E-state index in [4.69, 9.17) is 5.11 Å². The Bertz CT molecular complexity index is 114. The van der Waals surface area contributed by atoms with Crippen LogP contribution >= 0.6 is 0 Å². The van der Waals surface area contributed by atoms with Crippen molar-refractivity contribution in [2.75, 3.05) is 6.61 Å². The molecule has 3 N–H and O–H groups in total. The minimum atomic E-state index is -0.604. The maximum Gasteiger partial charge on any atom is 0.0613 e. The second-order valence-corrected chi connectivity index (χ2v) is 3.67. The summed E-state index contributed by atoms with van der Waals surface area (Å²) in [4.78, 5) is 0. The quantitative estimate of drug-likeness (QED) is 0.567. The predicted octanol–water partition coefficient (Wildman–Crippen LogP) is 0.383. The normalized spacial score (nSPS) is 19.2. The Morgan fingerprint density at radius 1 is 1.08 bits per heavy atom. The summed E-state index contributed by atoms with van der Waals surface area (Å²) >= 11 is 0. The van der Waals surface area contributed by atoms with E-state index in [1.807, 2.05) is 13.8 Å². The Morgan fingerprint density at radius 3 is 1.92 bits per heavy atom. The van der Waals surface area contributed by atoms with Crippen LogP contribution < -0.4 is 0 Å². The van der Waals surface area contributed by atoms with Gasteiger partial charge in [-0.05, 0) is 12.3 Å². The van der Waals surface area contributed by atoms with Crippen LogP contribution in [0.2, 0.25) is 0 Å². The summed E-state index contributed by atoms with van der Waals surface area (Å²) in [5.41, 5.74) is 0. The standard InChI is InChI=1S/C9H20O3/c1-6(2)9(12)7(3)8(11)4-5-10/h6-12H,4-5H2,1-3H3/t7-,8-,9-/m1/s1. The van der Waals surface area contributed by atoms with Crippen LogP contribution in [0, 0.1) is 11.8 Å². The number of hydrogen-bond donors (Lipinski definition) is 3. The Hall–Kier alpha value is -0.120. The maximum atomic E-state index is 9.55. The van der Waals surface area contributed by atoms with Gasteiger partial charge in [0, 0.05) is 12.5 Å². The van der Waals surface area contributed by atoms with E-state index in [0.29, 0.717) is 6.42 Å². The molecule has 0 aromatic carbocycles. The van der Waals surface area contributed by atoms with Gasteiger partial charge in [-0.1, -0.05) is 20.8 Å². The van der Waals surface area contributed by atoms with Crippen molar-refractivity contribution in [3.8, 4) is 0 Å². The number of rotatable bonds is 5. The Kier molecular flexibility index (Phi) is 5.46. The minimum absolute atomic E-state index is 0.0314. The number of aliphatic hydroxyl groups is 3. The highest BCUT2D eigenvalue weighted by Gasteiger charge is 2.24. The van der Waals surface area contributed by atoms with Gasteiger partial charge in [-0.15, -0.1) is 0 Å². The molecule has 0 fully saturated rings. The first-order chi connectivity index (χ1) is 5.50. The van der Waals surface area contributed by atoms with Gasteiger partial charge in [0.1, 0.15) is 0 Å². The Labute approximate surface area is 74.0 Å². The van der Waals surface area contributed by atoms with E-state index in [1.165, 1.54) is 0 Å². The molecular weight excluding hydrogens is 156 g/mol. The molecule has 12 heavy (non-hydrogen) atoms. The van der Waals surface area contributed by atoms with Crippen LogP contribution in [0.25, 0.3) is 0 Å². The van der Waals surface area contributed by atoms with Gasteiger partial charge in [-0.25, -0.2) is 0 Å². The van der Waals surface area contributed by atoms with Gasteiger partial charge in [0.05, 0.1) is 12.2 Å². The molecule has 3 heteroatoms. The van der Waals surface area contributed by atoms with Gasteiger partial charge in [0.25, 0.3) is 0 Å². The lowest BCUT2D eigenvalue weighted by Crippen LogP contribution is -2.33. The first-order valence-corrected chi connectivity index (χ1v) is 4.47. The molecule has 74 valence electrons. The van der Waals surface area contributed by atoms with Crippen molar-refractivity contribution in [3.05, 3.63) is 0 Å². The van der Waals surface area contributed by atoms with Crippen molar-refractivity contribution in [2.45, 2.75) is 39.4 Å². The molecule has 0 aliphatic heterocycles. The SMILES string of the molecule is CC(C)[C@@H](O)[C@H](C)[C@H](O)CCO. The van der Waals surface area contributed by atoms with Crippen LogP contribution in [0.3, 0.4) is 0 Å². The van der Waals surface area contributed by atoms with E-state index in [2.05, 4.69) is 0 Å². The van der Waals surface area contributed by atoms with Gasteiger partial charge in [0.2, 0.25) is 0 Å². The zero-order valence-electron chi connectivity index (χ0n) is 8.07. The van der Waals surface area contributed by atoms with Crippen molar-refractivity contribution in [3.63, 3.8) is 0 Å². The minimum Gasteiger partial charge on any atom is -0.396 e. The fraction of sp³-hybridized carbons (Fsp3) is 1.00. The fourth-order valence-corrected chi connectivity index (χ4v) is 1.23. The molecule has 0 aromatic heterocycles. The van der Waals surface area contributed by atoms with Crippen molar-refractivity contribution in [1.29, 1.82) is 0 Å². The maximum absolute atomic E-state index is 9.55. The molecule has 0 spiro atoms. The summed E-state index contributed by atoms with van der Waals surface area (Å²) in [6, 6.07) is 0. The van der Waals surface area contributed by atoms with Gasteiger partial charge in [-0.3, -0.25) is 0 Å². The third kappa shape index (κ3) is 3.52. The van der Waals surface area contributed by atoms with Crippen LogP contribution in [-0.4, -0.2) is 34.1 Å².